The molecule has 1 fully saturated rings. The van der Waals surface area contributed by atoms with Crippen LogP contribution in [-0.4, -0.2) is 40.0 Å². The van der Waals surface area contributed by atoms with Crippen LogP contribution < -0.4 is 0 Å². The lowest BCUT2D eigenvalue weighted by Gasteiger charge is -2.30. The van der Waals surface area contributed by atoms with E-state index in [0.717, 1.165) is 42.6 Å². The van der Waals surface area contributed by atoms with Gasteiger partial charge in [-0.05, 0) is 67.8 Å². The summed E-state index contributed by atoms with van der Waals surface area (Å²) in [6.07, 6.45) is 5.52. The summed E-state index contributed by atoms with van der Waals surface area (Å²) in [6, 6.07) is 13.1. The Morgan fingerprint density at radius 3 is 2.58 bits per heavy atom. The van der Waals surface area contributed by atoms with E-state index in [-0.39, 0.29) is 18.5 Å². The fraction of sp³-hybridized carbons (Fsp3) is 0.333. The zero-order valence-electron chi connectivity index (χ0n) is 20.2. The second-order valence-corrected chi connectivity index (χ2v) is 9.62. The standard InChI is InChI=1S/C27H26Cl2N6O/c1-18-25(27(36)34(2)21-8-4-3-5-9-21)32-26(23-15-12-20(28)17-24(23)29)35(18)22-13-10-19(11-14-22)7-6-16-31-33-30/h10-15,17,21H,3-5,8-9,16H2,1-2H3. The summed E-state index contributed by atoms with van der Waals surface area (Å²) in [6.45, 7) is 2.01. The fourth-order valence-corrected chi connectivity index (χ4v) is 5.07. The Kier molecular flexibility index (Phi) is 8.22. The molecule has 0 bridgehead atoms. The average molecular weight is 521 g/mol. The van der Waals surface area contributed by atoms with E-state index < -0.39 is 0 Å². The molecule has 1 saturated carbocycles. The van der Waals surface area contributed by atoms with Crippen molar-refractivity contribution >= 4 is 29.1 Å². The van der Waals surface area contributed by atoms with Gasteiger partial charge in [0.1, 0.15) is 11.5 Å². The molecule has 36 heavy (non-hydrogen) atoms. The van der Waals surface area contributed by atoms with Gasteiger partial charge in [-0.25, -0.2) is 4.98 Å². The van der Waals surface area contributed by atoms with Gasteiger partial charge in [-0.1, -0.05) is 59.4 Å². The zero-order chi connectivity index (χ0) is 25.7. The molecule has 3 aromatic rings. The van der Waals surface area contributed by atoms with Crippen LogP contribution in [0.25, 0.3) is 27.5 Å². The molecule has 0 unspecified atom stereocenters. The number of hydrogen-bond acceptors (Lipinski definition) is 3. The summed E-state index contributed by atoms with van der Waals surface area (Å²) < 4.78 is 1.94. The van der Waals surface area contributed by atoms with Crippen LogP contribution >= 0.6 is 23.2 Å². The number of benzene rings is 2. The lowest BCUT2D eigenvalue weighted by molar-refractivity contribution is 0.0690. The van der Waals surface area contributed by atoms with Crippen LogP contribution in [-0.2, 0) is 0 Å². The van der Waals surface area contributed by atoms with Gasteiger partial charge in [0.25, 0.3) is 5.91 Å². The van der Waals surface area contributed by atoms with E-state index in [1.807, 2.05) is 53.8 Å². The first-order chi connectivity index (χ1) is 17.4. The third-order valence-electron chi connectivity index (χ3n) is 6.50. The topological polar surface area (TPSA) is 86.9 Å². The van der Waals surface area contributed by atoms with Gasteiger partial charge < -0.3 is 4.90 Å². The summed E-state index contributed by atoms with van der Waals surface area (Å²) in [7, 11) is 1.87. The monoisotopic (exact) mass is 520 g/mol. The Morgan fingerprint density at radius 2 is 1.92 bits per heavy atom. The summed E-state index contributed by atoms with van der Waals surface area (Å²) in [4.78, 5) is 23.0. The number of carbonyl (C=O) groups is 1. The molecule has 0 atom stereocenters. The Hall–Kier alpha value is -3.43. The molecule has 1 aromatic heterocycles. The normalized spacial score (nSPS) is 13.4. The largest absolute Gasteiger partial charge is 0.337 e. The third-order valence-corrected chi connectivity index (χ3v) is 7.04. The van der Waals surface area contributed by atoms with Crippen molar-refractivity contribution in [1.82, 2.24) is 14.5 Å². The van der Waals surface area contributed by atoms with Crippen molar-refractivity contribution in [3.05, 3.63) is 79.9 Å². The van der Waals surface area contributed by atoms with Crippen molar-refractivity contribution in [2.75, 3.05) is 13.6 Å². The smallest absolute Gasteiger partial charge is 0.274 e. The highest BCUT2D eigenvalue weighted by Crippen LogP contribution is 2.34. The maximum Gasteiger partial charge on any atom is 0.274 e. The first-order valence-electron chi connectivity index (χ1n) is 11.8. The molecule has 1 heterocycles. The van der Waals surface area contributed by atoms with Crippen LogP contribution in [0.1, 0.15) is 53.8 Å². The van der Waals surface area contributed by atoms with Crippen molar-refractivity contribution in [2.45, 2.75) is 45.1 Å². The minimum atomic E-state index is -0.0926. The number of aromatic nitrogens is 2. The van der Waals surface area contributed by atoms with E-state index >= 15 is 0 Å². The molecule has 0 N–H and O–H groups in total. The van der Waals surface area contributed by atoms with Crippen LogP contribution in [0.2, 0.25) is 10.0 Å². The molecular formula is C27H26Cl2N6O. The number of carbonyl (C=O) groups excluding carboxylic acids is 1. The van der Waals surface area contributed by atoms with Gasteiger partial charge in [-0.15, -0.1) is 0 Å². The number of nitrogens with zero attached hydrogens (tertiary/aromatic N) is 6. The summed E-state index contributed by atoms with van der Waals surface area (Å²) in [5.41, 5.74) is 11.8. The number of halogens is 2. The minimum absolute atomic E-state index is 0.0926. The molecule has 9 heteroatoms. The van der Waals surface area contributed by atoms with Crippen LogP contribution in [0, 0.1) is 18.8 Å². The molecule has 1 aliphatic carbocycles. The van der Waals surface area contributed by atoms with E-state index in [2.05, 4.69) is 21.9 Å². The molecule has 2 aromatic carbocycles. The number of azide groups is 1. The van der Waals surface area contributed by atoms with Gasteiger partial charge in [0.15, 0.2) is 0 Å². The average Bonchev–Trinajstić information content (AvgIpc) is 3.23. The first kappa shape index (κ1) is 25.7. The van der Waals surface area contributed by atoms with Crippen molar-refractivity contribution in [1.29, 1.82) is 0 Å². The van der Waals surface area contributed by atoms with Gasteiger partial charge in [0.05, 0.1) is 17.3 Å². The lowest BCUT2D eigenvalue weighted by Crippen LogP contribution is -2.38. The second kappa shape index (κ2) is 11.5. The van der Waals surface area contributed by atoms with E-state index in [4.69, 9.17) is 33.7 Å². The van der Waals surface area contributed by atoms with E-state index in [1.54, 1.807) is 12.1 Å². The lowest BCUT2D eigenvalue weighted by atomic mass is 9.94. The number of amides is 1. The molecule has 7 nitrogen and oxygen atoms in total. The summed E-state index contributed by atoms with van der Waals surface area (Å²) in [5.74, 6) is 6.26. The first-order valence-corrected chi connectivity index (χ1v) is 12.6. The van der Waals surface area contributed by atoms with Crippen LogP contribution in [0.4, 0.5) is 0 Å². The van der Waals surface area contributed by atoms with E-state index in [0.29, 0.717) is 27.1 Å². The second-order valence-electron chi connectivity index (χ2n) is 8.77. The van der Waals surface area contributed by atoms with Gasteiger partial charge in [0.2, 0.25) is 0 Å². The molecule has 4 rings (SSSR count). The Balaban J connectivity index is 1.78. The van der Waals surface area contributed by atoms with Crippen molar-refractivity contribution in [3.8, 4) is 28.9 Å². The van der Waals surface area contributed by atoms with Crippen molar-refractivity contribution in [3.63, 3.8) is 0 Å². The Labute approximate surface area is 220 Å². The maximum atomic E-state index is 13.6. The third kappa shape index (κ3) is 5.52. The summed E-state index contributed by atoms with van der Waals surface area (Å²) in [5, 5.41) is 4.40. The quantitative estimate of drug-likeness (QED) is 0.154. The number of rotatable bonds is 5. The molecule has 184 valence electrons. The van der Waals surface area contributed by atoms with Crippen molar-refractivity contribution < 1.29 is 4.79 Å². The predicted molar refractivity (Wildman–Crippen MR) is 144 cm³/mol. The SMILES string of the molecule is Cc1c(C(=O)N(C)C2CCCCC2)nc(-c2ccc(Cl)cc2Cl)n1-c1ccc(C#CCN=[N+]=[N-])cc1. The van der Waals surface area contributed by atoms with Gasteiger partial charge in [-0.3, -0.25) is 9.36 Å². The molecule has 0 radical (unpaired) electrons. The number of hydrogen-bond donors (Lipinski definition) is 0. The highest BCUT2D eigenvalue weighted by Gasteiger charge is 2.29. The van der Waals surface area contributed by atoms with Crippen LogP contribution in [0.15, 0.2) is 47.6 Å². The van der Waals surface area contributed by atoms with Gasteiger partial charge in [-0.2, -0.15) is 0 Å². The highest BCUT2D eigenvalue weighted by atomic mass is 35.5. The van der Waals surface area contributed by atoms with E-state index in [1.165, 1.54) is 6.42 Å². The molecular weight excluding hydrogens is 495 g/mol. The van der Waals surface area contributed by atoms with E-state index in [9.17, 15) is 4.79 Å². The van der Waals surface area contributed by atoms with Gasteiger partial charge in [0, 0.05) is 39.8 Å². The van der Waals surface area contributed by atoms with Gasteiger partial charge >= 0.3 is 0 Å². The number of imidazole rings is 1. The maximum absolute atomic E-state index is 13.6. The Bertz CT molecular complexity index is 1370. The van der Waals surface area contributed by atoms with Crippen molar-refractivity contribution in [2.24, 2.45) is 5.11 Å². The predicted octanol–water partition coefficient (Wildman–Crippen LogP) is 7.22. The Morgan fingerprint density at radius 1 is 1.19 bits per heavy atom. The molecule has 0 aliphatic heterocycles. The molecule has 0 spiro atoms. The highest BCUT2D eigenvalue weighted by molar-refractivity contribution is 6.36. The fourth-order valence-electron chi connectivity index (χ4n) is 4.58. The molecule has 1 aliphatic rings. The zero-order valence-corrected chi connectivity index (χ0v) is 21.7. The molecule has 0 saturated heterocycles. The molecule has 1 amide bonds. The minimum Gasteiger partial charge on any atom is -0.337 e. The van der Waals surface area contributed by atoms with Crippen LogP contribution in [0.3, 0.4) is 0 Å². The summed E-state index contributed by atoms with van der Waals surface area (Å²) >= 11 is 12.7. The van der Waals surface area contributed by atoms with Crippen LogP contribution in [0.5, 0.6) is 0 Å².